The van der Waals surface area contributed by atoms with Crippen molar-refractivity contribution >= 4 is 0 Å². The SMILES string of the molecule is CCOC(CCC1CCCC(CCC(OCC)c2ccc(C)cc2)C1[ClH+])c1ccc(C)cc1. The van der Waals surface area contributed by atoms with Crippen LogP contribution in [0.25, 0.3) is 0 Å². The van der Waals surface area contributed by atoms with E-state index in [-0.39, 0.29) is 12.2 Å². The molecule has 2 aromatic rings. The molecular formula is C30H44ClO2+. The molecule has 1 saturated carbocycles. The Bertz CT molecular complexity index is 734. The molecule has 0 radical (unpaired) electrons. The lowest BCUT2D eigenvalue weighted by Crippen LogP contribution is -2.32. The predicted molar refractivity (Wildman–Crippen MR) is 136 cm³/mol. The molecule has 3 heteroatoms. The van der Waals surface area contributed by atoms with Crippen LogP contribution < -0.4 is 0 Å². The molecule has 0 heterocycles. The fourth-order valence-electron chi connectivity index (χ4n) is 5.36. The Labute approximate surface area is 207 Å². The van der Waals surface area contributed by atoms with Gasteiger partial charge in [-0.25, -0.2) is 0 Å². The van der Waals surface area contributed by atoms with Crippen LogP contribution in [0.5, 0.6) is 0 Å². The molecule has 0 bridgehead atoms. The Hall–Kier alpha value is -1.35. The van der Waals surface area contributed by atoms with E-state index in [4.69, 9.17) is 21.1 Å². The third-order valence-electron chi connectivity index (χ3n) is 7.31. The molecule has 33 heavy (non-hydrogen) atoms. The normalized spacial score (nSPS) is 22.8. The van der Waals surface area contributed by atoms with E-state index in [0.29, 0.717) is 17.2 Å². The quantitative estimate of drug-likeness (QED) is 0.294. The summed E-state index contributed by atoms with van der Waals surface area (Å²) < 4.78 is 12.3. The molecule has 1 fully saturated rings. The number of benzene rings is 2. The zero-order valence-corrected chi connectivity index (χ0v) is 21.9. The summed E-state index contributed by atoms with van der Waals surface area (Å²) >= 11 is 6.15. The van der Waals surface area contributed by atoms with Gasteiger partial charge in [0.1, 0.15) is 11.6 Å². The monoisotopic (exact) mass is 471 g/mol. The Morgan fingerprint density at radius 1 is 0.727 bits per heavy atom. The maximum Gasteiger partial charge on any atom is 0.185 e. The number of aryl methyl sites for hydroxylation is 2. The zero-order chi connectivity index (χ0) is 23.6. The molecule has 182 valence electrons. The van der Waals surface area contributed by atoms with Crippen molar-refractivity contribution in [3.05, 3.63) is 70.8 Å². The van der Waals surface area contributed by atoms with Crippen molar-refractivity contribution in [1.82, 2.24) is 0 Å². The minimum atomic E-state index is 0.182. The average Bonchev–Trinajstić information content (AvgIpc) is 2.82. The van der Waals surface area contributed by atoms with Crippen LogP contribution in [0.15, 0.2) is 48.5 Å². The summed E-state index contributed by atoms with van der Waals surface area (Å²) in [5.41, 5.74) is 5.19. The minimum Gasteiger partial charge on any atom is -0.374 e. The summed E-state index contributed by atoms with van der Waals surface area (Å²) in [6, 6.07) is 17.7. The largest absolute Gasteiger partial charge is 0.374 e. The molecule has 2 nitrogen and oxygen atoms in total. The first-order valence-electron chi connectivity index (χ1n) is 13.0. The van der Waals surface area contributed by atoms with Crippen molar-refractivity contribution < 1.29 is 21.1 Å². The van der Waals surface area contributed by atoms with Crippen LogP contribution >= 0.6 is 0 Å². The van der Waals surface area contributed by atoms with Gasteiger partial charge in [0.2, 0.25) is 0 Å². The van der Waals surface area contributed by atoms with E-state index < -0.39 is 0 Å². The third-order valence-corrected chi connectivity index (χ3v) is 8.08. The van der Waals surface area contributed by atoms with Crippen LogP contribution in [0, 0.1) is 37.3 Å². The maximum absolute atomic E-state index is 6.15. The number of hydrogen-bond donors (Lipinski definition) is 0. The predicted octanol–water partition coefficient (Wildman–Crippen LogP) is 7.79. The lowest BCUT2D eigenvalue weighted by atomic mass is 9.76. The topological polar surface area (TPSA) is 18.5 Å². The summed E-state index contributed by atoms with van der Waals surface area (Å²) in [5.74, 6) is 1.24. The van der Waals surface area contributed by atoms with Gasteiger partial charge in [-0.15, -0.1) is 0 Å². The minimum absolute atomic E-state index is 0.182. The fraction of sp³-hybridized carbons (Fsp3) is 0.600. The number of ether oxygens (including phenoxy) is 2. The molecule has 0 aliphatic heterocycles. The van der Waals surface area contributed by atoms with Gasteiger partial charge in [0, 0.05) is 25.0 Å². The number of hydrogen-bond acceptors (Lipinski definition) is 2. The Balaban J connectivity index is 1.56. The van der Waals surface area contributed by atoms with Crippen molar-refractivity contribution in [2.75, 3.05) is 13.2 Å². The van der Waals surface area contributed by atoms with Gasteiger partial charge in [0.15, 0.2) is 5.38 Å². The van der Waals surface area contributed by atoms with Crippen LogP contribution in [0.4, 0.5) is 0 Å². The summed E-state index contributed by atoms with van der Waals surface area (Å²) in [6.07, 6.45) is 8.65. The standard InChI is InChI=1S/C30H44ClO2/c1-5-32-28(24-14-10-22(3)11-15-24)20-18-26-8-7-9-27(30(26)31)19-21-29(33-6-2)25-16-12-23(4)13-17-25/h10-17,26-31H,5-9,18-21H2,1-4H3/q+1. The van der Waals surface area contributed by atoms with Gasteiger partial charge in [-0.2, -0.15) is 0 Å². The van der Waals surface area contributed by atoms with Gasteiger partial charge >= 0.3 is 0 Å². The van der Waals surface area contributed by atoms with Gasteiger partial charge in [-0.05, 0) is 77.3 Å². The molecule has 0 saturated heterocycles. The highest BCUT2D eigenvalue weighted by Gasteiger charge is 2.38. The van der Waals surface area contributed by atoms with Crippen molar-refractivity contribution in [3.8, 4) is 0 Å². The molecule has 1 aliphatic carbocycles. The second-order valence-corrected chi connectivity index (χ2v) is 10.3. The molecule has 2 aromatic carbocycles. The highest BCUT2D eigenvalue weighted by molar-refractivity contribution is 5.24. The van der Waals surface area contributed by atoms with E-state index in [9.17, 15) is 0 Å². The second-order valence-electron chi connectivity index (χ2n) is 9.78. The van der Waals surface area contributed by atoms with Crippen molar-refractivity contribution in [2.24, 2.45) is 11.8 Å². The molecule has 0 aromatic heterocycles. The van der Waals surface area contributed by atoms with E-state index in [1.165, 1.54) is 41.5 Å². The first kappa shape index (κ1) is 26.3. The van der Waals surface area contributed by atoms with E-state index >= 15 is 0 Å². The molecule has 1 aliphatic rings. The Morgan fingerprint density at radius 2 is 1.12 bits per heavy atom. The zero-order valence-electron chi connectivity index (χ0n) is 21.1. The summed E-state index contributed by atoms with van der Waals surface area (Å²) in [6.45, 7) is 9.96. The van der Waals surface area contributed by atoms with Crippen LogP contribution in [0.2, 0.25) is 0 Å². The molecule has 0 spiro atoms. The van der Waals surface area contributed by atoms with Crippen LogP contribution in [-0.4, -0.2) is 18.6 Å². The van der Waals surface area contributed by atoms with E-state index in [2.05, 4.69) is 76.2 Å². The van der Waals surface area contributed by atoms with Gasteiger partial charge in [0.25, 0.3) is 0 Å². The van der Waals surface area contributed by atoms with Gasteiger partial charge in [-0.1, -0.05) is 66.1 Å². The lowest BCUT2D eigenvalue weighted by Gasteiger charge is -2.31. The fourth-order valence-corrected chi connectivity index (χ4v) is 5.91. The average molecular weight is 472 g/mol. The van der Waals surface area contributed by atoms with Crippen LogP contribution in [-0.2, 0) is 9.47 Å². The smallest absolute Gasteiger partial charge is 0.185 e. The van der Waals surface area contributed by atoms with Crippen LogP contribution in [0.3, 0.4) is 0 Å². The lowest BCUT2D eigenvalue weighted by molar-refractivity contribution is -0.452. The molecule has 0 amide bonds. The summed E-state index contributed by atoms with van der Waals surface area (Å²) in [5, 5.41) is 0.360. The van der Waals surface area contributed by atoms with Crippen LogP contribution in [0.1, 0.15) is 93.3 Å². The Morgan fingerprint density at radius 3 is 1.48 bits per heavy atom. The maximum atomic E-state index is 6.15. The number of rotatable bonds is 12. The van der Waals surface area contributed by atoms with Gasteiger partial charge in [0.05, 0.1) is 12.2 Å². The summed E-state index contributed by atoms with van der Waals surface area (Å²) in [4.78, 5) is 0. The molecular weight excluding hydrogens is 428 g/mol. The molecule has 4 unspecified atom stereocenters. The molecule has 0 N–H and O–H groups in total. The van der Waals surface area contributed by atoms with E-state index in [0.717, 1.165) is 38.9 Å². The highest BCUT2D eigenvalue weighted by Crippen LogP contribution is 2.39. The summed E-state index contributed by atoms with van der Waals surface area (Å²) in [7, 11) is 0. The second kappa shape index (κ2) is 13.5. The first-order valence-corrected chi connectivity index (χ1v) is 13.5. The Kier molecular flexibility index (Phi) is 10.8. The van der Waals surface area contributed by atoms with Gasteiger partial charge in [-0.3, -0.25) is 0 Å². The van der Waals surface area contributed by atoms with E-state index in [1.807, 2.05) is 0 Å². The molecule has 4 atom stereocenters. The van der Waals surface area contributed by atoms with Crippen molar-refractivity contribution in [2.45, 2.75) is 90.2 Å². The van der Waals surface area contributed by atoms with Gasteiger partial charge < -0.3 is 9.47 Å². The highest BCUT2D eigenvalue weighted by atomic mass is 35.5. The van der Waals surface area contributed by atoms with E-state index in [1.54, 1.807) is 0 Å². The number of halogens is 1. The van der Waals surface area contributed by atoms with Crippen molar-refractivity contribution in [1.29, 1.82) is 0 Å². The molecule has 3 rings (SSSR count). The van der Waals surface area contributed by atoms with Crippen molar-refractivity contribution in [3.63, 3.8) is 0 Å². The number of alkyl halides is 1. The third kappa shape index (κ3) is 7.84. The first-order chi connectivity index (χ1) is 16.0.